The number of alkyl halides is 3. The van der Waals surface area contributed by atoms with Crippen LogP contribution in [0.5, 0.6) is 5.75 Å². The molecule has 2 rings (SSSR count). The SMILES string of the molecule is CC(C)c1ncc(OCC(F)(F)F)c(CNC2CC2)n1. The van der Waals surface area contributed by atoms with Gasteiger partial charge < -0.3 is 10.1 Å². The molecule has 4 nitrogen and oxygen atoms in total. The number of hydrogen-bond donors (Lipinski definition) is 1. The highest BCUT2D eigenvalue weighted by atomic mass is 19.4. The van der Waals surface area contributed by atoms with Gasteiger partial charge in [-0.05, 0) is 12.8 Å². The van der Waals surface area contributed by atoms with Gasteiger partial charge in [-0.2, -0.15) is 13.2 Å². The second-order valence-electron chi connectivity index (χ2n) is 5.25. The molecule has 1 aliphatic rings. The molecular weight excluding hydrogens is 271 g/mol. The van der Waals surface area contributed by atoms with Gasteiger partial charge in [0.15, 0.2) is 12.4 Å². The largest absolute Gasteiger partial charge is 0.481 e. The summed E-state index contributed by atoms with van der Waals surface area (Å²) >= 11 is 0. The Morgan fingerprint density at radius 1 is 1.40 bits per heavy atom. The Hall–Kier alpha value is -1.37. The number of nitrogens with one attached hydrogen (secondary N) is 1. The zero-order valence-electron chi connectivity index (χ0n) is 11.5. The van der Waals surface area contributed by atoms with Crippen LogP contribution in [0, 0.1) is 0 Å². The van der Waals surface area contributed by atoms with Crippen molar-refractivity contribution in [1.82, 2.24) is 15.3 Å². The average Bonchev–Trinajstić information content (AvgIpc) is 3.17. The van der Waals surface area contributed by atoms with E-state index in [0.717, 1.165) is 12.8 Å². The van der Waals surface area contributed by atoms with Crippen LogP contribution in [0.25, 0.3) is 0 Å². The molecule has 0 atom stereocenters. The molecule has 1 saturated carbocycles. The van der Waals surface area contributed by atoms with Gasteiger partial charge in [0.05, 0.1) is 11.9 Å². The van der Waals surface area contributed by atoms with Crippen LogP contribution in [-0.2, 0) is 6.54 Å². The Morgan fingerprint density at radius 2 is 2.10 bits per heavy atom. The molecule has 0 amide bonds. The normalized spacial score (nSPS) is 15.7. The Morgan fingerprint density at radius 3 is 2.65 bits per heavy atom. The van der Waals surface area contributed by atoms with E-state index in [-0.39, 0.29) is 11.7 Å². The van der Waals surface area contributed by atoms with Gasteiger partial charge >= 0.3 is 6.18 Å². The Balaban J connectivity index is 2.10. The average molecular weight is 289 g/mol. The third-order valence-corrected chi connectivity index (χ3v) is 2.89. The Labute approximate surface area is 115 Å². The van der Waals surface area contributed by atoms with Crippen molar-refractivity contribution >= 4 is 0 Å². The van der Waals surface area contributed by atoms with Crippen LogP contribution in [0.4, 0.5) is 13.2 Å². The molecule has 112 valence electrons. The van der Waals surface area contributed by atoms with E-state index in [1.54, 1.807) is 0 Å². The maximum absolute atomic E-state index is 12.2. The van der Waals surface area contributed by atoms with Gasteiger partial charge in [-0.1, -0.05) is 13.8 Å². The zero-order chi connectivity index (χ0) is 14.8. The van der Waals surface area contributed by atoms with E-state index in [0.29, 0.717) is 24.1 Å². The van der Waals surface area contributed by atoms with E-state index >= 15 is 0 Å². The Bertz CT molecular complexity index is 459. The van der Waals surface area contributed by atoms with Crippen LogP contribution in [0.3, 0.4) is 0 Å². The fraction of sp³-hybridized carbons (Fsp3) is 0.692. The van der Waals surface area contributed by atoms with Gasteiger partial charge in [-0.3, -0.25) is 0 Å². The van der Waals surface area contributed by atoms with Crippen molar-refractivity contribution in [2.24, 2.45) is 0 Å². The molecule has 0 aliphatic heterocycles. The van der Waals surface area contributed by atoms with Gasteiger partial charge in [0, 0.05) is 18.5 Å². The number of aromatic nitrogens is 2. The summed E-state index contributed by atoms with van der Waals surface area (Å²) in [5.74, 6) is 0.822. The minimum Gasteiger partial charge on any atom is -0.481 e. The first kappa shape index (κ1) is 15.0. The summed E-state index contributed by atoms with van der Waals surface area (Å²) < 4.78 is 41.5. The molecular formula is C13H18F3N3O. The van der Waals surface area contributed by atoms with E-state index in [1.165, 1.54) is 6.20 Å². The number of ether oxygens (including phenoxy) is 1. The smallest absolute Gasteiger partial charge is 0.422 e. The number of rotatable bonds is 6. The second kappa shape index (κ2) is 5.95. The predicted molar refractivity (Wildman–Crippen MR) is 67.5 cm³/mol. The molecule has 7 heteroatoms. The van der Waals surface area contributed by atoms with Crippen LogP contribution in [0.1, 0.15) is 44.1 Å². The lowest BCUT2D eigenvalue weighted by Crippen LogP contribution is -2.22. The molecule has 0 spiro atoms. The molecule has 1 fully saturated rings. The molecule has 0 unspecified atom stereocenters. The van der Waals surface area contributed by atoms with E-state index < -0.39 is 12.8 Å². The van der Waals surface area contributed by atoms with Crippen LogP contribution in [-0.4, -0.2) is 28.8 Å². The van der Waals surface area contributed by atoms with Crippen LogP contribution >= 0.6 is 0 Å². The lowest BCUT2D eigenvalue weighted by molar-refractivity contribution is -0.153. The molecule has 0 radical (unpaired) electrons. The van der Waals surface area contributed by atoms with Gasteiger partial charge in [0.2, 0.25) is 0 Å². The monoisotopic (exact) mass is 289 g/mol. The third-order valence-electron chi connectivity index (χ3n) is 2.89. The second-order valence-corrected chi connectivity index (χ2v) is 5.25. The lowest BCUT2D eigenvalue weighted by Gasteiger charge is -2.14. The highest BCUT2D eigenvalue weighted by molar-refractivity contribution is 5.25. The first-order valence-corrected chi connectivity index (χ1v) is 6.64. The van der Waals surface area contributed by atoms with Crippen molar-refractivity contribution in [2.45, 2.75) is 51.4 Å². The molecule has 20 heavy (non-hydrogen) atoms. The Kier molecular flexibility index (Phi) is 4.47. The molecule has 1 N–H and O–H groups in total. The highest BCUT2D eigenvalue weighted by Gasteiger charge is 2.29. The van der Waals surface area contributed by atoms with E-state index in [1.807, 2.05) is 13.8 Å². The first-order chi connectivity index (χ1) is 9.35. The molecule has 1 aromatic heterocycles. The van der Waals surface area contributed by atoms with Crippen molar-refractivity contribution in [2.75, 3.05) is 6.61 Å². The standard InChI is InChI=1S/C13H18F3N3O/c1-8(2)12-18-6-11(20-7-13(14,15)16)10(19-12)5-17-9-3-4-9/h6,8-9,17H,3-5,7H2,1-2H3. The summed E-state index contributed by atoms with van der Waals surface area (Å²) in [6.45, 7) is 2.95. The van der Waals surface area contributed by atoms with Crippen LogP contribution < -0.4 is 10.1 Å². The maximum atomic E-state index is 12.2. The van der Waals surface area contributed by atoms with Crippen molar-refractivity contribution in [1.29, 1.82) is 0 Å². The summed E-state index contributed by atoms with van der Waals surface area (Å²) in [4.78, 5) is 8.36. The van der Waals surface area contributed by atoms with Crippen LogP contribution in [0.15, 0.2) is 6.20 Å². The minimum absolute atomic E-state index is 0.0971. The maximum Gasteiger partial charge on any atom is 0.422 e. The summed E-state index contributed by atoms with van der Waals surface area (Å²) in [6, 6.07) is 0.447. The summed E-state index contributed by atoms with van der Waals surface area (Å²) in [5.41, 5.74) is 0.486. The molecule has 1 heterocycles. The van der Waals surface area contributed by atoms with Gasteiger partial charge in [0.1, 0.15) is 5.82 Å². The zero-order valence-corrected chi connectivity index (χ0v) is 11.5. The number of nitrogens with zero attached hydrogens (tertiary/aromatic N) is 2. The van der Waals surface area contributed by atoms with E-state index in [9.17, 15) is 13.2 Å². The molecule has 0 bridgehead atoms. The molecule has 1 aliphatic carbocycles. The minimum atomic E-state index is -4.36. The van der Waals surface area contributed by atoms with E-state index in [4.69, 9.17) is 4.74 Å². The first-order valence-electron chi connectivity index (χ1n) is 6.64. The van der Waals surface area contributed by atoms with Crippen molar-refractivity contribution in [3.63, 3.8) is 0 Å². The quantitative estimate of drug-likeness (QED) is 0.874. The number of hydrogen-bond acceptors (Lipinski definition) is 4. The lowest BCUT2D eigenvalue weighted by atomic mass is 10.2. The van der Waals surface area contributed by atoms with E-state index in [2.05, 4.69) is 15.3 Å². The summed E-state index contributed by atoms with van der Waals surface area (Å²) in [7, 11) is 0. The highest BCUT2D eigenvalue weighted by Crippen LogP contribution is 2.24. The topological polar surface area (TPSA) is 47.0 Å². The van der Waals surface area contributed by atoms with Crippen molar-refractivity contribution in [3.8, 4) is 5.75 Å². The fourth-order valence-electron chi connectivity index (χ4n) is 1.63. The van der Waals surface area contributed by atoms with Gasteiger partial charge in [-0.15, -0.1) is 0 Å². The molecule has 0 saturated heterocycles. The summed E-state index contributed by atoms with van der Waals surface area (Å²) in [5, 5.41) is 3.23. The van der Waals surface area contributed by atoms with Gasteiger partial charge in [0.25, 0.3) is 0 Å². The van der Waals surface area contributed by atoms with Crippen molar-refractivity contribution < 1.29 is 17.9 Å². The third kappa shape index (κ3) is 4.63. The fourth-order valence-corrected chi connectivity index (χ4v) is 1.63. The van der Waals surface area contributed by atoms with Gasteiger partial charge in [-0.25, -0.2) is 9.97 Å². The number of halogens is 3. The van der Waals surface area contributed by atoms with Crippen LogP contribution in [0.2, 0.25) is 0 Å². The molecule has 0 aromatic carbocycles. The summed E-state index contributed by atoms with van der Waals surface area (Å²) in [6.07, 6.45) is -0.836. The predicted octanol–water partition coefficient (Wildman–Crippen LogP) is 2.79. The van der Waals surface area contributed by atoms with Crippen molar-refractivity contribution in [3.05, 3.63) is 17.7 Å². The molecule has 1 aromatic rings.